The standard InChI is InChI=1S/C13H15F3O2S/c1-10(17)11-3-5-12(6-4-11)19-8-2-7-18-9-13(14,15)16/h3-6H,2,7-9H2,1H3. The van der Waals surface area contributed by atoms with Gasteiger partial charge in [-0.2, -0.15) is 13.2 Å². The molecule has 106 valence electrons. The Hall–Kier alpha value is -1.01. The van der Waals surface area contributed by atoms with E-state index in [2.05, 4.69) is 4.74 Å². The molecule has 0 unspecified atom stereocenters. The minimum atomic E-state index is -4.25. The molecule has 2 nitrogen and oxygen atoms in total. The van der Waals surface area contributed by atoms with E-state index in [1.165, 1.54) is 18.7 Å². The Morgan fingerprint density at radius 1 is 1.26 bits per heavy atom. The van der Waals surface area contributed by atoms with Crippen LogP contribution < -0.4 is 0 Å². The molecule has 0 aliphatic carbocycles. The van der Waals surface area contributed by atoms with Crippen LogP contribution in [0.4, 0.5) is 13.2 Å². The van der Waals surface area contributed by atoms with E-state index in [1.807, 2.05) is 12.1 Å². The molecule has 0 saturated carbocycles. The van der Waals surface area contributed by atoms with E-state index in [4.69, 9.17) is 0 Å². The van der Waals surface area contributed by atoms with E-state index < -0.39 is 12.8 Å². The second kappa shape index (κ2) is 7.55. The number of thioether (sulfide) groups is 1. The number of carbonyl (C=O) groups excluding carboxylic acids is 1. The number of alkyl halides is 3. The van der Waals surface area contributed by atoms with Crippen LogP contribution in [0.5, 0.6) is 0 Å². The first-order valence-corrected chi connectivity index (χ1v) is 6.75. The molecule has 0 heterocycles. The van der Waals surface area contributed by atoms with Gasteiger partial charge in [-0.3, -0.25) is 4.79 Å². The zero-order valence-corrected chi connectivity index (χ0v) is 11.3. The van der Waals surface area contributed by atoms with Crippen LogP contribution in [-0.2, 0) is 4.74 Å². The van der Waals surface area contributed by atoms with Crippen LogP contribution in [0.2, 0.25) is 0 Å². The highest BCUT2D eigenvalue weighted by molar-refractivity contribution is 7.99. The summed E-state index contributed by atoms with van der Waals surface area (Å²) in [4.78, 5) is 12.0. The number of halogens is 3. The fourth-order valence-corrected chi connectivity index (χ4v) is 2.15. The van der Waals surface area contributed by atoms with E-state index in [0.717, 1.165) is 4.90 Å². The monoisotopic (exact) mass is 292 g/mol. The normalized spacial score (nSPS) is 11.6. The number of rotatable bonds is 7. The van der Waals surface area contributed by atoms with Crippen LogP contribution in [0.15, 0.2) is 29.2 Å². The van der Waals surface area contributed by atoms with Gasteiger partial charge in [-0.05, 0) is 25.5 Å². The molecule has 1 aromatic rings. The van der Waals surface area contributed by atoms with Crippen molar-refractivity contribution in [2.75, 3.05) is 19.0 Å². The number of carbonyl (C=O) groups is 1. The van der Waals surface area contributed by atoms with Crippen molar-refractivity contribution < 1.29 is 22.7 Å². The van der Waals surface area contributed by atoms with Crippen molar-refractivity contribution in [3.05, 3.63) is 29.8 Å². The Balaban J connectivity index is 2.17. The van der Waals surface area contributed by atoms with Gasteiger partial charge in [0, 0.05) is 22.8 Å². The second-order valence-corrected chi connectivity index (χ2v) is 5.12. The van der Waals surface area contributed by atoms with Gasteiger partial charge in [0.2, 0.25) is 0 Å². The summed E-state index contributed by atoms with van der Waals surface area (Å²) in [5, 5.41) is 0. The second-order valence-electron chi connectivity index (χ2n) is 3.95. The van der Waals surface area contributed by atoms with Gasteiger partial charge >= 0.3 is 6.18 Å². The van der Waals surface area contributed by atoms with Gasteiger partial charge in [0.15, 0.2) is 5.78 Å². The number of benzene rings is 1. The van der Waals surface area contributed by atoms with Gasteiger partial charge in [0.1, 0.15) is 6.61 Å². The lowest BCUT2D eigenvalue weighted by molar-refractivity contribution is -0.173. The van der Waals surface area contributed by atoms with Crippen molar-refractivity contribution in [2.24, 2.45) is 0 Å². The third-order valence-corrected chi connectivity index (χ3v) is 3.33. The number of Topliss-reactive ketones (excluding diaryl/α,β-unsaturated/α-hetero) is 1. The molecule has 19 heavy (non-hydrogen) atoms. The van der Waals surface area contributed by atoms with Gasteiger partial charge in [-0.25, -0.2) is 0 Å². The molecule has 0 fully saturated rings. The van der Waals surface area contributed by atoms with Crippen molar-refractivity contribution in [1.82, 2.24) is 0 Å². The highest BCUT2D eigenvalue weighted by atomic mass is 32.2. The van der Waals surface area contributed by atoms with Gasteiger partial charge < -0.3 is 4.74 Å². The van der Waals surface area contributed by atoms with E-state index in [1.54, 1.807) is 12.1 Å². The molecule has 0 aliphatic heterocycles. The SMILES string of the molecule is CC(=O)c1ccc(SCCCOCC(F)(F)F)cc1. The van der Waals surface area contributed by atoms with E-state index in [9.17, 15) is 18.0 Å². The predicted octanol–water partition coefficient (Wildman–Crippen LogP) is 3.95. The van der Waals surface area contributed by atoms with Crippen LogP contribution in [0.25, 0.3) is 0 Å². The quantitative estimate of drug-likeness (QED) is 0.432. The fraction of sp³-hybridized carbons (Fsp3) is 0.462. The lowest BCUT2D eigenvalue weighted by Gasteiger charge is -2.07. The maximum atomic E-state index is 11.8. The minimum absolute atomic E-state index is 0.0112. The Morgan fingerprint density at radius 3 is 2.42 bits per heavy atom. The first-order valence-electron chi connectivity index (χ1n) is 5.77. The van der Waals surface area contributed by atoms with Crippen LogP contribution in [0.1, 0.15) is 23.7 Å². The predicted molar refractivity (Wildman–Crippen MR) is 68.7 cm³/mol. The van der Waals surface area contributed by atoms with E-state index in [-0.39, 0.29) is 12.4 Å². The third-order valence-electron chi connectivity index (χ3n) is 2.23. The molecule has 0 saturated heterocycles. The third kappa shape index (κ3) is 7.22. The largest absolute Gasteiger partial charge is 0.411 e. The molecule has 1 rings (SSSR count). The Kier molecular flexibility index (Phi) is 6.37. The summed E-state index contributed by atoms with van der Waals surface area (Å²) in [5.74, 6) is 0.689. The summed E-state index contributed by atoms with van der Waals surface area (Å²) < 4.78 is 39.8. The highest BCUT2D eigenvalue weighted by Crippen LogP contribution is 2.20. The lowest BCUT2D eigenvalue weighted by Crippen LogP contribution is -2.17. The zero-order chi connectivity index (χ0) is 14.3. The van der Waals surface area contributed by atoms with Crippen molar-refractivity contribution in [3.8, 4) is 0 Å². The van der Waals surface area contributed by atoms with Crippen LogP contribution in [-0.4, -0.2) is 30.9 Å². The molecule has 6 heteroatoms. The zero-order valence-electron chi connectivity index (χ0n) is 10.5. The number of hydrogen-bond acceptors (Lipinski definition) is 3. The molecule has 0 amide bonds. The lowest BCUT2D eigenvalue weighted by atomic mass is 10.2. The number of hydrogen-bond donors (Lipinski definition) is 0. The first kappa shape index (κ1) is 16.0. The van der Waals surface area contributed by atoms with Crippen LogP contribution in [0, 0.1) is 0 Å². The average Bonchev–Trinajstić information content (AvgIpc) is 2.33. The molecular formula is C13H15F3O2S. The maximum absolute atomic E-state index is 11.8. The summed E-state index contributed by atoms with van der Waals surface area (Å²) in [5.41, 5.74) is 0.651. The molecule has 1 aromatic carbocycles. The summed E-state index contributed by atoms with van der Waals surface area (Å²) in [6, 6.07) is 7.14. The molecule has 0 N–H and O–H groups in total. The van der Waals surface area contributed by atoms with Gasteiger partial charge in [-0.1, -0.05) is 12.1 Å². The molecule has 0 aromatic heterocycles. The highest BCUT2D eigenvalue weighted by Gasteiger charge is 2.27. The molecule has 0 radical (unpaired) electrons. The fourth-order valence-electron chi connectivity index (χ4n) is 1.32. The van der Waals surface area contributed by atoms with E-state index in [0.29, 0.717) is 17.7 Å². The molecule has 0 aliphatic rings. The molecular weight excluding hydrogens is 277 g/mol. The Labute approximate surface area is 114 Å². The van der Waals surface area contributed by atoms with E-state index >= 15 is 0 Å². The van der Waals surface area contributed by atoms with Crippen molar-refractivity contribution >= 4 is 17.5 Å². The smallest absolute Gasteiger partial charge is 0.372 e. The van der Waals surface area contributed by atoms with Crippen LogP contribution in [0.3, 0.4) is 0 Å². The van der Waals surface area contributed by atoms with Crippen LogP contribution >= 0.6 is 11.8 Å². The molecule has 0 spiro atoms. The minimum Gasteiger partial charge on any atom is -0.372 e. The molecule has 0 bridgehead atoms. The maximum Gasteiger partial charge on any atom is 0.411 e. The Bertz CT molecular complexity index is 401. The first-order chi connectivity index (χ1) is 8.88. The van der Waals surface area contributed by atoms with Crippen molar-refractivity contribution in [1.29, 1.82) is 0 Å². The average molecular weight is 292 g/mol. The molecule has 0 atom stereocenters. The number of ketones is 1. The summed E-state index contributed by atoms with van der Waals surface area (Å²) >= 11 is 1.53. The van der Waals surface area contributed by atoms with Crippen molar-refractivity contribution in [2.45, 2.75) is 24.4 Å². The van der Waals surface area contributed by atoms with Crippen molar-refractivity contribution in [3.63, 3.8) is 0 Å². The topological polar surface area (TPSA) is 26.3 Å². The van der Waals surface area contributed by atoms with Gasteiger partial charge in [-0.15, -0.1) is 11.8 Å². The van der Waals surface area contributed by atoms with Gasteiger partial charge in [0.25, 0.3) is 0 Å². The summed E-state index contributed by atoms with van der Waals surface area (Å²) in [7, 11) is 0. The Morgan fingerprint density at radius 2 is 1.89 bits per heavy atom. The summed E-state index contributed by atoms with van der Waals surface area (Å²) in [6.45, 7) is 0.406. The summed E-state index contributed by atoms with van der Waals surface area (Å²) in [6.07, 6.45) is -3.70. The number of ether oxygens (including phenoxy) is 1. The van der Waals surface area contributed by atoms with Gasteiger partial charge in [0.05, 0.1) is 0 Å².